The molecule has 0 amide bonds. The Morgan fingerprint density at radius 1 is 0.329 bits per heavy atom. The number of rotatable bonds is 16. The summed E-state index contributed by atoms with van der Waals surface area (Å²) in [6.45, 7) is 4.57. The third kappa shape index (κ3) is 9.77. The second kappa shape index (κ2) is 21.8. The van der Waals surface area contributed by atoms with Crippen molar-refractivity contribution in [2.24, 2.45) is 0 Å². The fourth-order valence-electron chi connectivity index (χ4n) is 11.3. The zero-order valence-corrected chi connectivity index (χ0v) is 41.7. The fraction of sp³-hybridized carbons (Fsp3) is 0.113. The van der Waals surface area contributed by atoms with Crippen LogP contribution in [0.25, 0.3) is 11.4 Å². The maximum atomic E-state index is 4.15. The maximum absolute atomic E-state index is 4.15. The summed E-state index contributed by atoms with van der Waals surface area (Å²) in [7, 11) is 0. The van der Waals surface area contributed by atoms with Gasteiger partial charge in [0.15, 0.2) is 0 Å². The molecule has 0 bridgehead atoms. The topological polar surface area (TPSA) is 8.81 Å². The van der Waals surface area contributed by atoms with Crippen LogP contribution in [0.4, 0.5) is 0 Å². The smallest absolute Gasteiger partial charge is 0.268 e. The molecule has 10 aromatic carbocycles. The van der Waals surface area contributed by atoms with Crippen LogP contribution in [0, 0.1) is 6.33 Å². The van der Waals surface area contributed by atoms with Crippen LogP contribution in [0.1, 0.15) is 115 Å². The molecule has 0 aliphatic rings. The minimum Gasteiger partial charge on any atom is -0.298 e. The summed E-state index contributed by atoms with van der Waals surface area (Å²) in [5, 5.41) is 0. The fourth-order valence-corrected chi connectivity index (χ4v) is 11.3. The standard InChI is InChI=1S/C71H60N2/c1-3-52-47-62(66(54-29-13-5-14-30-54)55-31-15-6-16-32-55)70(63(48-52)67(56-33-17-7-18-34-56)57-35-19-8-20-36-57)72-45-46-73(51-72)71-64(68(58-37-21-9-22-38-58)59-39-23-10-24-40-59)49-53(4-2)50-65(71)69(60-41-25-11-26-42-60)61-43-27-12-28-44-61/h5-50,66-69H,3-4H2,1-2H3. The van der Waals surface area contributed by atoms with Gasteiger partial charge < -0.3 is 0 Å². The summed E-state index contributed by atoms with van der Waals surface area (Å²) in [5.41, 5.74) is 19.7. The highest BCUT2D eigenvalue weighted by molar-refractivity contribution is 5.63. The molecule has 0 fully saturated rings. The SMILES string of the molecule is CCc1cc(C(c2ccccc2)c2ccccc2)c(-n2[c-][n+](-c3c(C(c4ccccc4)c4ccccc4)cc(CC)cc3C(c3ccccc3)c3ccccc3)cc2)c(C(c2ccccc2)c2ccccc2)c1. The van der Waals surface area contributed by atoms with E-state index in [1.165, 1.54) is 77.9 Å². The van der Waals surface area contributed by atoms with Crippen LogP contribution in [-0.2, 0) is 12.8 Å². The van der Waals surface area contributed by atoms with Gasteiger partial charge in [0.2, 0.25) is 0 Å². The van der Waals surface area contributed by atoms with E-state index in [4.69, 9.17) is 0 Å². The van der Waals surface area contributed by atoms with Crippen molar-refractivity contribution in [2.75, 3.05) is 0 Å². The van der Waals surface area contributed by atoms with Crippen molar-refractivity contribution >= 4 is 0 Å². The average molecular weight is 941 g/mol. The predicted molar refractivity (Wildman–Crippen MR) is 300 cm³/mol. The van der Waals surface area contributed by atoms with Crippen molar-refractivity contribution in [2.45, 2.75) is 50.4 Å². The first-order valence-electron chi connectivity index (χ1n) is 25.9. The van der Waals surface area contributed by atoms with Gasteiger partial charge in [0, 0.05) is 36.1 Å². The van der Waals surface area contributed by atoms with Crippen LogP contribution < -0.4 is 4.57 Å². The molecule has 2 heteroatoms. The molecule has 0 aliphatic heterocycles. The van der Waals surface area contributed by atoms with Crippen LogP contribution in [0.3, 0.4) is 0 Å². The first-order valence-corrected chi connectivity index (χ1v) is 25.9. The number of aryl methyl sites for hydroxylation is 2. The highest BCUT2D eigenvalue weighted by atomic mass is 15.1. The van der Waals surface area contributed by atoms with Crippen molar-refractivity contribution in [3.8, 4) is 11.4 Å². The van der Waals surface area contributed by atoms with Gasteiger partial charge in [-0.05, 0) is 90.7 Å². The Labute approximate surface area is 432 Å². The molecule has 354 valence electrons. The molecular formula is C71H60N2. The molecular weight excluding hydrogens is 881 g/mol. The number of hydrogen-bond donors (Lipinski definition) is 0. The summed E-state index contributed by atoms with van der Waals surface area (Å²) >= 11 is 0. The second-order valence-corrected chi connectivity index (χ2v) is 19.1. The van der Waals surface area contributed by atoms with E-state index < -0.39 is 0 Å². The third-order valence-corrected chi connectivity index (χ3v) is 14.6. The number of hydrogen-bond acceptors (Lipinski definition) is 0. The predicted octanol–water partition coefficient (Wildman–Crippen LogP) is 16.4. The largest absolute Gasteiger partial charge is 0.298 e. The molecule has 0 unspecified atom stereocenters. The van der Waals surface area contributed by atoms with E-state index in [0.717, 1.165) is 24.2 Å². The van der Waals surface area contributed by atoms with Crippen LogP contribution in [0.15, 0.2) is 279 Å². The van der Waals surface area contributed by atoms with Gasteiger partial charge in [-0.3, -0.25) is 9.13 Å². The number of benzene rings is 10. The molecule has 11 rings (SSSR count). The molecule has 1 aromatic heterocycles. The van der Waals surface area contributed by atoms with Crippen LogP contribution >= 0.6 is 0 Å². The zero-order valence-electron chi connectivity index (χ0n) is 41.7. The van der Waals surface area contributed by atoms with E-state index in [-0.39, 0.29) is 23.7 Å². The zero-order chi connectivity index (χ0) is 49.3. The van der Waals surface area contributed by atoms with E-state index >= 15 is 0 Å². The molecule has 0 saturated heterocycles. The van der Waals surface area contributed by atoms with Crippen molar-refractivity contribution < 1.29 is 4.57 Å². The molecule has 73 heavy (non-hydrogen) atoms. The van der Waals surface area contributed by atoms with E-state index in [1.807, 2.05) is 0 Å². The number of imidazole rings is 1. The van der Waals surface area contributed by atoms with Gasteiger partial charge in [0.25, 0.3) is 6.33 Å². The van der Waals surface area contributed by atoms with Gasteiger partial charge in [-0.1, -0.05) is 281 Å². The highest BCUT2D eigenvalue weighted by Crippen LogP contribution is 2.45. The lowest BCUT2D eigenvalue weighted by molar-refractivity contribution is -0.600. The Balaban J connectivity index is 1.25. The lowest BCUT2D eigenvalue weighted by Crippen LogP contribution is -2.34. The first-order chi connectivity index (χ1) is 36.2. The summed E-state index contributed by atoms with van der Waals surface area (Å²) in [4.78, 5) is 0. The normalized spacial score (nSPS) is 11.5. The van der Waals surface area contributed by atoms with Gasteiger partial charge in [-0.2, -0.15) is 0 Å². The van der Waals surface area contributed by atoms with E-state index in [9.17, 15) is 0 Å². The number of aromatic nitrogens is 2. The van der Waals surface area contributed by atoms with Gasteiger partial charge in [0.05, 0.1) is 11.4 Å². The summed E-state index contributed by atoms with van der Waals surface area (Å²) in [5.74, 6) is -0.296. The van der Waals surface area contributed by atoms with E-state index in [2.05, 4.69) is 309 Å². The molecule has 1 heterocycles. The van der Waals surface area contributed by atoms with Crippen molar-refractivity contribution in [1.29, 1.82) is 0 Å². The first kappa shape index (κ1) is 46.8. The minimum atomic E-state index is -0.0739. The van der Waals surface area contributed by atoms with Crippen molar-refractivity contribution in [3.05, 3.63) is 364 Å². The monoisotopic (exact) mass is 940 g/mol. The molecule has 2 nitrogen and oxygen atoms in total. The second-order valence-electron chi connectivity index (χ2n) is 19.1. The Kier molecular flexibility index (Phi) is 14.0. The number of nitrogens with zero attached hydrogens (tertiary/aromatic N) is 2. The molecule has 0 aliphatic carbocycles. The molecule has 0 radical (unpaired) electrons. The Bertz CT molecular complexity index is 2900. The van der Waals surface area contributed by atoms with Crippen LogP contribution in [-0.4, -0.2) is 4.57 Å². The van der Waals surface area contributed by atoms with Gasteiger partial charge >= 0.3 is 0 Å². The van der Waals surface area contributed by atoms with Crippen molar-refractivity contribution in [1.82, 2.24) is 4.57 Å². The average Bonchev–Trinajstić information content (AvgIpc) is 3.95. The summed E-state index contributed by atoms with van der Waals surface area (Å²) in [6.07, 6.45) is 10.4. The van der Waals surface area contributed by atoms with Crippen LogP contribution in [0.5, 0.6) is 0 Å². The molecule has 0 saturated carbocycles. The van der Waals surface area contributed by atoms with E-state index in [0.29, 0.717) is 0 Å². The van der Waals surface area contributed by atoms with E-state index in [1.54, 1.807) is 0 Å². The van der Waals surface area contributed by atoms with Crippen LogP contribution in [0.2, 0.25) is 0 Å². The molecule has 11 aromatic rings. The van der Waals surface area contributed by atoms with Gasteiger partial charge in [-0.25, -0.2) is 0 Å². The Morgan fingerprint density at radius 2 is 0.562 bits per heavy atom. The lowest BCUT2D eigenvalue weighted by Gasteiger charge is -2.30. The summed E-state index contributed by atoms with van der Waals surface area (Å²) in [6, 6.07) is 98.4. The summed E-state index contributed by atoms with van der Waals surface area (Å²) < 4.78 is 4.65. The Morgan fingerprint density at radius 3 is 0.808 bits per heavy atom. The highest BCUT2D eigenvalue weighted by Gasteiger charge is 2.32. The Hall–Kier alpha value is -8.59. The lowest BCUT2D eigenvalue weighted by atomic mass is 9.77. The maximum Gasteiger partial charge on any atom is 0.268 e. The van der Waals surface area contributed by atoms with Gasteiger partial charge in [-0.15, -0.1) is 0 Å². The van der Waals surface area contributed by atoms with Gasteiger partial charge in [0.1, 0.15) is 0 Å². The minimum absolute atomic E-state index is 0.0739. The molecule has 0 spiro atoms. The third-order valence-electron chi connectivity index (χ3n) is 14.6. The quantitative estimate of drug-likeness (QED) is 0.0519. The molecule has 0 N–H and O–H groups in total. The van der Waals surface area contributed by atoms with Crippen molar-refractivity contribution in [3.63, 3.8) is 0 Å². The molecule has 0 atom stereocenters.